The minimum Gasteiger partial charge on any atom is -0.372 e. The Morgan fingerprint density at radius 2 is 1.84 bits per heavy atom. The zero-order valence-electron chi connectivity index (χ0n) is 10.4. The van der Waals surface area contributed by atoms with Gasteiger partial charge in [0.1, 0.15) is 0 Å². The van der Waals surface area contributed by atoms with Gasteiger partial charge in [-0.3, -0.25) is 0 Å². The smallest absolute Gasteiger partial charge is 0.0725 e. The molecule has 0 spiro atoms. The Labute approximate surface area is 123 Å². The van der Waals surface area contributed by atoms with E-state index in [9.17, 15) is 0 Å². The van der Waals surface area contributed by atoms with Crippen molar-refractivity contribution in [3.63, 3.8) is 0 Å². The van der Waals surface area contributed by atoms with Crippen LogP contribution in [-0.2, 0) is 24.4 Å². The predicted octanol–water partition coefficient (Wildman–Crippen LogP) is 4.89. The molecule has 0 saturated carbocycles. The molecule has 1 heterocycles. The molecule has 0 bridgehead atoms. The third-order valence-corrected chi connectivity index (χ3v) is 4.24. The molecular formula is C16H14Cl2O. The summed E-state index contributed by atoms with van der Waals surface area (Å²) in [4.78, 5) is 0. The van der Waals surface area contributed by atoms with Crippen LogP contribution in [0.1, 0.15) is 27.6 Å². The topological polar surface area (TPSA) is 9.23 Å². The Morgan fingerprint density at radius 1 is 1.05 bits per heavy atom. The maximum atomic E-state index is 6.51. The van der Waals surface area contributed by atoms with Gasteiger partial charge in [-0.05, 0) is 34.7 Å². The largest absolute Gasteiger partial charge is 0.372 e. The summed E-state index contributed by atoms with van der Waals surface area (Å²) in [6, 6.07) is 14.2. The molecule has 3 rings (SSSR count). The van der Waals surface area contributed by atoms with E-state index in [1.165, 1.54) is 11.1 Å². The molecule has 19 heavy (non-hydrogen) atoms. The fraction of sp³-hybridized carbons (Fsp3) is 0.250. The summed E-state index contributed by atoms with van der Waals surface area (Å²) in [5.74, 6) is 0. The van der Waals surface area contributed by atoms with E-state index < -0.39 is 0 Å². The molecule has 1 nitrogen and oxygen atoms in total. The molecule has 2 aromatic carbocycles. The fourth-order valence-electron chi connectivity index (χ4n) is 2.36. The number of fused-ring (bicyclic) bond motifs is 1. The second kappa shape index (κ2) is 5.54. The van der Waals surface area contributed by atoms with Crippen molar-refractivity contribution in [2.45, 2.75) is 25.0 Å². The lowest BCUT2D eigenvalue weighted by Crippen LogP contribution is -1.98. The van der Waals surface area contributed by atoms with Crippen molar-refractivity contribution in [1.82, 2.24) is 0 Å². The Morgan fingerprint density at radius 3 is 2.68 bits per heavy atom. The van der Waals surface area contributed by atoms with E-state index in [4.69, 9.17) is 27.9 Å². The molecule has 0 radical (unpaired) electrons. The number of rotatable bonds is 3. The second-order valence-electron chi connectivity index (χ2n) is 4.78. The summed E-state index contributed by atoms with van der Waals surface area (Å²) in [5, 5.41) is 0.712. The van der Waals surface area contributed by atoms with Crippen molar-refractivity contribution in [3.8, 4) is 0 Å². The van der Waals surface area contributed by atoms with Gasteiger partial charge in [0.2, 0.25) is 0 Å². The van der Waals surface area contributed by atoms with E-state index in [2.05, 4.69) is 18.2 Å². The maximum absolute atomic E-state index is 6.51. The molecular weight excluding hydrogens is 279 g/mol. The lowest BCUT2D eigenvalue weighted by Gasteiger charge is -2.12. The van der Waals surface area contributed by atoms with Gasteiger partial charge in [-0.1, -0.05) is 48.0 Å². The van der Waals surface area contributed by atoms with Gasteiger partial charge in [-0.15, -0.1) is 11.6 Å². The monoisotopic (exact) mass is 292 g/mol. The van der Waals surface area contributed by atoms with Crippen LogP contribution in [0.3, 0.4) is 0 Å². The zero-order chi connectivity index (χ0) is 13.2. The Balaban J connectivity index is 1.81. The van der Waals surface area contributed by atoms with E-state index in [0.717, 1.165) is 22.6 Å². The number of hydrogen-bond donors (Lipinski definition) is 0. The summed E-state index contributed by atoms with van der Waals surface area (Å²) in [7, 11) is 0. The zero-order valence-corrected chi connectivity index (χ0v) is 11.9. The first kappa shape index (κ1) is 13.0. The molecule has 1 atom stereocenters. The van der Waals surface area contributed by atoms with Gasteiger partial charge < -0.3 is 4.74 Å². The number of alkyl halides is 1. The molecule has 1 unspecified atom stereocenters. The van der Waals surface area contributed by atoms with Crippen molar-refractivity contribution in [2.24, 2.45) is 0 Å². The van der Waals surface area contributed by atoms with E-state index in [0.29, 0.717) is 13.2 Å². The van der Waals surface area contributed by atoms with Gasteiger partial charge in [0.15, 0.2) is 0 Å². The summed E-state index contributed by atoms with van der Waals surface area (Å²) < 4.78 is 5.42. The molecule has 0 fully saturated rings. The molecule has 0 saturated heterocycles. The Kier molecular flexibility index (Phi) is 3.79. The molecule has 2 aromatic rings. The second-order valence-corrected chi connectivity index (χ2v) is 5.72. The Hall–Kier alpha value is -1.02. The highest BCUT2D eigenvalue weighted by atomic mass is 35.5. The highest BCUT2D eigenvalue weighted by Crippen LogP contribution is 2.31. The quantitative estimate of drug-likeness (QED) is 0.732. The van der Waals surface area contributed by atoms with Gasteiger partial charge in [0, 0.05) is 5.02 Å². The van der Waals surface area contributed by atoms with Crippen LogP contribution in [0.4, 0.5) is 0 Å². The fourth-order valence-corrected chi connectivity index (χ4v) is 2.88. The highest BCUT2D eigenvalue weighted by Gasteiger charge is 2.16. The highest BCUT2D eigenvalue weighted by molar-refractivity contribution is 6.31. The van der Waals surface area contributed by atoms with Gasteiger partial charge in [0.25, 0.3) is 0 Å². The first-order chi connectivity index (χ1) is 9.24. The van der Waals surface area contributed by atoms with Crippen LogP contribution in [0.15, 0.2) is 42.5 Å². The van der Waals surface area contributed by atoms with E-state index in [1.807, 2.05) is 24.3 Å². The molecule has 98 valence electrons. The minimum absolute atomic E-state index is 0.0641. The molecule has 3 heteroatoms. The van der Waals surface area contributed by atoms with Crippen LogP contribution in [-0.4, -0.2) is 0 Å². The van der Waals surface area contributed by atoms with Crippen LogP contribution < -0.4 is 0 Å². The molecule has 0 aliphatic carbocycles. The molecule has 1 aliphatic rings. The van der Waals surface area contributed by atoms with E-state index in [1.54, 1.807) is 0 Å². The lowest BCUT2D eigenvalue weighted by molar-refractivity contribution is 0.134. The van der Waals surface area contributed by atoms with Crippen LogP contribution >= 0.6 is 23.2 Å². The molecule has 0 amide bonds. The maximum Gasteiger partial charge on any atom is 0.0725 e. The van der Waals surface area contributed by atoms with Crippen LogP contribution in [0.2, 0.25) is 5.02 Å². The number of ether oxygens (including phenoxy) is 1. The normalized spacial score (nSPS) is 15.3. The third-order valence-electron chi connectivity index (χ3n) is 3.46. The van der Waals surface area contributed by atoms with Crippen LogP contribution in [0.5, 0.6) is 0 Å². The first-order valence-electron chi connectivity index (χ1n) is 6.31. The van der Waals surface area contributed by atoms with Gasteiger partial charge >= 0.3 is 0 Å². The van der Waals surface area contributed by atoms with Crippen LogP contribution in [0.25, 0.3) is 0 Å². The number of hydrogen-bond acceptors (Lipinski definition) is 1. The number of halogens is 2. The predicted molar refractivity (Wildman–Crippen MR) is 78.7 cm³/mol. The van der Waals surface area contributed by atoms with Gasteiger partial charge in [-0.25, -0.2) is 0 Å². The average Bonchev–Trinajstić information content (AvgIpc) is 2.88. The third kappa shape index (κ3) is 2.79. The first-order valence-corrected chi connectivity index (χ1v) is 7.12. The van der Waals surface area contributed by atoms with E-state index in [-0.39, 0.29) is 5.38 Å². The summed E-state index contributed by atoms with van der Waals surface area (Å²) >= 11 is 12.7. The van der Waals surface area contributed by atoms with Crippen LogP contribution in [0, 0.1) is 0 Å². The SMILES string of the molecule is Clc1ccccc1CC(Cl)c1ccc2c(c1)COC2. The number of benzene rings is 2. The van der Waals surface area contributed by atoms with Crippen molar-refractivity contribution in [3.05, 3.63) is 69.7 Å². The van der Waals surface area contributed by atoms with Crippen molar-refractivity contribution < 1.29 is 4.74 Å². The standard InChI is InChI=1S/C16H14Cl2O/c17-15-4-2-1-3-11(15)8-16(18)12-5-6-13-9-19-10-14(13)7-12/h1-7,16H,8-10H2. The minimum atomic E-state index is -0.0641. The van der Waals surface area contributed by atoms with Crippen molar-refractivity contribution in [2.75, 3.05) is 0 Å². The Bertz CT molecular complexity index is 595. The van der Waals surface area contributed by atoms with Crippen molar-refractivity contribution >= 4 is 23.2 Å². The summed E-state index contributed by atoms with van der Waals surface area (Å²) in [6.45, 7) is 1.41. The average molecular weight is 293 g/mol. The molecule has 0 N–H and O–H groups in total. The van der Waals surface area contributed by atoms with E-state index >= 15 is 0 Å². The molecule has 0 aromatic heterocycles. The summed E-state index contributed by atoms with van der Waals surface area (Å²) in [5.41, 5.74) is 4.74. The molecule has 1 aliphatic heterocycles. The lowest BCUT2D eigenvalue weighted by atomic mass is 10.00. The van der Waals surface area contributed by atoms with Crippen molar-refractivity contribution in [1.29, 1.82) is 0 Å². The summed E-state index contributed by atoms with van der Waals surface area (Å²) in [6.07, 6.45) is 0.737. The van der Waals surface area contributed by atoms with Gasteiger partial charge in [0.05, 0.1) is 18.6 Å². The van der Waals surface area contributed by atoms with Gasteiger partial charge in [-0.2, -0.15) is 0 Å².